The summed E-state index contributed by atoms with van der Waals surface area (Å²) < 4.78 is 2.50. The van der Waals surface area contributed by atoms with Crippen molar-refractivity contribution in [2.24, 2.45) is 5.73 Å². The summed E-state index contributed by atoms with van der Waals surface area (Å²) >= 11 is 0. The Morgan fingerprint density at radius 2 is 1.97 bits per heavy atom. The number of nitrogens with one attached hydrogen (secondary N) is 1. The molecule has 1 saturated carbocycles. The van der Waals surface area contributed by atoms with Gasteiger partial charge in [0.1, 0.15) is 0 Å². The molecule has 1 unspecified atom stereocenters. The maximum atomic E-state index is 7.53. The van der Waals surface area contributed by atoms with E-state index in [4.69, 9.17) is 12.3 Å². The highest BCUT2D eigenvalue weighted by atomic mass is 15.0. The Morgan fingerprint density at radius 1 is 1.12 bits per heavy atom. The predicted molar refractivity (Wildman–Crippen MR) is 135 cm³/mol. The summed E-state index contributed by atoms with van der Waals surface area (Å²) in [4.78, 5) is 3.73. The van der Waals surface area contributed by atoms with Gasteiger partial charge < -0.3 is 15.6 Å². The first kappa shape index (κ1) is 22.6. The quantitative estimate of drug-likeness (QED) is 0.303. The molecule has 32 heavy (non-hydrogen) atoms. The zero-order chi connectivity index (χ0) is 22.3. The highest BCUT2D eigenvalue weighted by Gasteiger charge is 2.24. The molecule has 168 valence electrons. The number of hydrogen-bond acceptors (Lipinski definition) is 2. The largest absolute Gasteiger partial charge is 0.345 e. The van der Waals surface area contributed by atoms with E-state index in [1.165, 1.54) is 59.7 Å². The van der Waals surface area contributed by atoms with E-state index in [0.29, 0.717) is 12.0 Å². The fourth-order valence-electron chi connectivity index (χ4n) is 5.26. The van der Waals surface area contributed by atoms with Gasteiger partial charge in [-0.3, -0.25) is 0 Å². The summed E-state index contributed by atoms with van der Waals surface area (Å²) in [6, 6.07) is 15.8. The number of nitrogens with zero attached hydrogens (tertiary/aromatic N) is 2. The van der Waals surface area contributed by atoms with E-state index in [9.17, 15) is 0 Å². The van der Waals surface area contributed by atoms with E-state index >= 15 is 0 Å². The van der Waals surface area contributed by atoms with Gasteiger partial charge in [-0.25, -0.2) is 4.85 Å². The minimum Gasteiger partial charge on any atom is -0.345 e. The lowest BCUT2D eigenvalue weighted by Crippen LogP contribution is -2.21. The second-order valence-corrected chi connectivity index (χ2v) is 9.24. The Balaban J connectivity index is 1.76. The SMILES string of the molecule is [C-]#[N+]c1ccc2c(C(CCNCCCN)c3cccc(C)c3)cn(C3CCCCC3)c2c1. The molecule has 4 heteroatoms. The molecule has 1 atom stereocenters. The lowest BCUT2D eigenvalue weighted by atomic mass is 9.87. The van der Waals surface area contributed by atoms with Crippen molar-refractivity contribution in [3.05, 3.63) is 76.8 Å². The van der Waals surface area contributed by atoms with Crippen LogP contribution in [-0.2, 0) is 0 Å². The third-order valence-electron chi connectivity index (χ3n) is 6.93. The van der Waals surface area contributed by atoms with Crippen molar-refractivity contribution in [3.63, 3.8) is 0 Å². The number of rotatable bonds is 9. The van der Waals surface area contributed by atoms with Gasteiger partial charge >= 0.3 is 0 Å². The van der Waals surface area contributed by atoms with Crippen LogP contribution in [0.1, 0.15) is 73.6 Å². The van der Waals surface area contributed by atoms with Crippen LogP contribution in [0.25, 0.3) is 15.7 Å². The molecule has 0 aliphatic heterocycles. The summed E-state index contributed by atoms with van der Waals surface area (Å²) in [5.74, 6) is 0.325. The molecule has 0 spiro atoms. The van der Waals surface area contributed by atoms with Gasteiger partial charge in [-0.1, -0.05) is 61.2 Å². The lowest BCUT2D eigenvalue weighted by molar-refractivity contribution is 0.360. The van der Waals surface area contributed by atoms with Crippen LogP contribution in [0.3, 0.4) is 0 Å². The lowest BCUT2D eigenvalue weighted by Gasteiger charge is -2.24. The van der Waals surface area contributed by atoms with Crippen LogP contribution >= 0.6 is 0 Å². The van der Waals surface area contributed by atoms with Crippen molar-refractivity contribution in [1.82, 2.24) is 9.88 Å². The van der Waals surface area contributed by atoms with Crippen LogP contribution < -0.4 is 11.1 Å². The zero-order valence-corrected chi connectivity index (χ0v) is 19.3. The number of aromatic nitrogens is 1. The van der Waals surface area contributed by atoms with Crippen LogP contribution in [0.4, 0.5) is 5.69 Å². The van der Waals surface area contributed by atoms with Crippen molar-refractivity contribution >= 4 is 16.6 Å². The van der Waals surface area contributed by atoms with Gasteiger partial charge in [0.25, 0.3) is 0 Å². The van der Waals surface area contributed by atoms with Crippen molar-refractivity contribution in [3.8, 4) is 0 Å². The van der Waals surface area contributed by atoms with Gasteiger partial charge in [0, 0.05) is 29.1 Å². The van der Waals surface area contributed by atoms with Gasteiger partial charge in [-0.15, -0.1) is 0 Å². The molecule has 3 aromatic rings. The Bertz CT molecular complexity index is 1070. The molecule has 4 nitrogen and oxygen atoms in total. The zero-order valence-electron chi connectivity index (χ0n) is 19.3. The summed E-state index contributed by atoms with van der Waals surface area (Å²) in [5, 5.41) is 4.88. The highest BCUT2D eigenvalue weighted by Crippen LogP contribution is 2.40. The topological polar surface area (TPSA) is 47.3 Å². The van der Waals surface area contributed by atoms with E-state index < -0.39 is 0 Å². The maximum absolute atomic E-state index is 7.53. The summed E-state index contributed by atoms with van der Waals surface area (Å²) in [5.41, 5.74) is 11.7. The standard InChI is InChI=1S/C28H36N4/c1-21-8-6-9-22(18-21)25(14-17-31-16-7-15-29)27-20-32(24-10-4-3-5-11-24)28-19-23(30-2)12-13-26(27)28/h6,8-9,12-13,18-20,24-25,31H,3-5,7,10-11,14-17,29H2,1H3. The van der Waals surface area contributed by atoms with Crippen molar-refractivity contribution in [1.29, 1.82) is 0 Å². The molecule has 2 aromatic carbocycles. The average Bonchev–Trinajstić information content (AvgIpc) is 3.20. The third kappa shape index (κ3) is 5.06. The Hall–Kier alpha value is -2.61. The van der Waals surface area contributed by atoms with E-state index in [2.05, 4.69) is 64.2 Å². The maximum Gasteiger partial charge on any atom is 0.189 e. The first-order chi connectivity index (χ1) is 15.7. The van der Waals surface area contributed by atoms with Crippen LogP contribution in [-0.4, -0.2) is 24.2 Å². The molecule has 0 radical (unpaired) electrons. The monoisotopic (exact) mass is 428 g/mol. The minimum absolute atomic E-state index is 0.325. The molecule has 1 heterocycles. The van der Waals surface area contributed by atoms with Crippen molar-refractivity contribution < 1.29 is 0 Å². The Morgan fingerprint density at radius 3 is 2.72 bits per heavy atom. The fourth-order valence-corrected chi connectivity index (χ4v) is 5.26. The first-order valence-corrected chi connectivity index (χ1v) is 12.2. The number of benzene rings is 2. The summed E-state index contributed by atoms with van der Waals surface area (Å²) in [7, 11) is 0. The predicted octanol–water partition coefficient (Wildman–Crippen LogP) is 6.47. The molecule has 4 rings (SSSR count). The van der Waals surface area contributed by atoms with Crippen LogP contribution in [0.15, 0.2) is 48.7 Å². The summed E-state index contributed by atoms with van der Waals surface area (Å²) in [6.07, 6.45) is 10.9. The molecule has 0 amide bonds. The van der Waals surface area contributed by atoms with Gasteiger partial charge in [0.15, 0.2) is 5.69 Å². The molecule has 1 fully saturated rings. The molecule has 1 aromatic heterocycles. The highest BCUT2D eigenvalue weighted by molar-refractivity contribution is 5.88. The van der Waals surface area contributed by atoms with Gasteiger partial charge in [-0.2, -0.15) is 0 Å². The smallest absolute Gasteiger partial charge is 0.189 e. The van der Waals surface area contributed by atoms with E-state index in [-0.39, 0.29) is 0 Å². The molecular formula is C28H36N4. The molecule has 1 aliphatic carbocycles. The molecule has 0 bridgehead atoms. The Labute approximate surface area is 192 Å². The average molecular weight is 429 g/mol. The molecule has 1 aliphatic rings. The van der Waals surface area contributed by atoms with Crippen LogP contribution in [0, 0.1) is 13.5 Å². The number of hydrogen-bond donors (Lipinski definition) is 2. The van der Waals surface area contributed by atoms with E-state index in [0.717, 1.165) is 38.2 Å². The summed E-state index contributed by atoms with van der Waals surface area (Å²) in [6.45, 7) is 12.4. The minimum atomic E-state index is 0.325. The molecule has 0 saturated heterocycles. The van der Waals surface area contributed by atoms with Crippen molar-refractivity contribution in [2.45, 2.75) is 63.8 Å². The Kier molecular flexibility index (Phi) is 7.63. The first-order valence-electron chi connectivity index (χ1n) is 12.2. The molecule has 3 N–H and O–H groups in total. The van der Waals surface area contributed by atoms with E-state index in [1.807, 2.05) is 6.07 Å². The molecular weight excluding hydrogens is 392 g/mol. The third-order valence-corrected chi connectivity index (χ3v) is 6.93. The van der Waals surface area contributed by atoms with Gasteiger partial charge in [-0.05, 0) is 69.4 Å². The second-order valence-electron chi connectivity index (χ2n) is 9.24. The van der Waals surface area contributed by atoms with Gasteiger partial charge in [0.2, 0.25) is 0 Å². The van der Waals surface area contributed by atoms with E-state index in [1.54, 1.807) is 0 Å². The van der Waals surface area contributed by atoms with Crippen LogP contribution in [0.2, 0.25) is 0 Å². The van der Waals surface area contributed by atoms with Crippen LogP contribution in [0.5, 0.6) is 0 Å². The second kappa shape index (κ2) is 10.8. The number of fused-ring (bicyclic) bond motifs is 1. The van der Waals surface area contributed by atoms with Gasteiger partial charge in [0.05, 0.1) is 6.57 Å². The van der Waals surface area contributed by atoms with Crippen molar-refractivity contribution in [2.75, 3.05) is 19.6 Å². The normalized spacial score (nSPS) is 15.7. The number of aryl methyl sites for hydroxylation is 1. The number of nitrogens with two attached hydrogens (primary N) is 1. The fraction of sp³-hybridized carbons (Fsp3) is 0.464.